The molecule has 0 spiro atoms. The topological polar surface area (TPSA) is 59.1 Å². The van der Waals surface area contributed by atoms with Gasteiger partial charge in [0.25, 0.3) is 0 Å². The Labute approximate surface area is 101 Å². The van der Waals surface area contributed by atoms with Crippen LogP contribution in [0.2, 0.25) is 5.02 Å². The van der Waals surface area contributed by atoms with Crippen molar-refractivity contribution in [2.75, 3.05) is 6.61 Å². The van der Waals surface area contributed by atoms with E-state index in [-0.39, 0.29) is 5.84 Å². The molecule has 0 aliphatic heterocycles. The number of nitrogens with two attached hydrogens (primary N) is 1. The standard InChI is InChI=1S/C12H17ClN2O/c13-11-5-3-4-10(8-11)9-16-7-2-1-6-12(14)15/h3-5,8H,1-2,6-7,9H2,(H3,14,15). The van der Waals surface area contributed by atoms with Gasteiger partial charge in [-0.05, 0) is 30.5 Å². The third kappa shape index (κ3) is 5.73. The van der Waals surface area contributed by atoms with Crippen LogP contribution in [0, 0.1) is 5.41 Å². The first kappa shape index (κ1) is 13.0. The molecule has 0 bridgehead atoms. The van der Waals surface area contributed by atoms with Gasteiger partial charge in [0, 0.05) is 18.1 Å². The van der Waals surface area contributed by atoms with Crippen LogP contribution in [0.25, 0.3) is 0 Å². The average molecular weight is 241 g/mol. The molecular weight excluding hydrogens is 224 g/mol. The van der Waals surface area contributed by atoms with E-state index in [1.807, 2.05) is 24.3 Å². The van der Waals surface area contributed by atoms with E-state index >= 15 is 0 Å². The highest BCUT2D eigenvalue weighted by Gasteiger charge is 1.95. The predicted octanol–water partition coefficient (Wildman–Crippen LogP) is 2.96. The van der Waals surface area contributed by atoms with Crippen LogP contribution in [-0.2, 0) is 11.3 Å². The minimum Gasteiger partial charge on any atom is -0.388 e. The molecule has 0 saturated carbocycles. The van der Waals surface area contributed by atoms with Crippen LogP contribution in [0.4, 0.5) is 0 Å². The quantitative estimate of drug-likeness (QED) is 0.437. The molecule has 0 aliphatic carbocycles. The predicted molar refractivity (Wildman–Crippen MR) is 66.9 cm³/mol. The largest absolute Gasteiger partial charge is 0.388 e. The molecule has 1 aromatic rings. The van der Waals surface area contributed by atoms with Crippen molar-refractivity contribution in [1.29, 1.82) is 5.41 Å². The van der Waals surface area contributed by atoms with Crippen LogP contribution < -0.4 is 5.73 Å². The molecule has 0 fully saturated rings. The van der Waals surface area contributed by atoms with Crippen LogP contribution in [0.5, 0.6) is 0 Å². The van der Waals surface area contributed by atoms with Crippen LogP contribution in [0.15, 0.2) is 24.3 Å². The molecule has 0 aliphatic rings. The zero-order valence-corrected chi connectivity index (χ0v) is 9.96. The van der Waals surface area contributed by atoms with E-state index in [1.54, 1.807) is 0 Å². The first-order valence-electron chi connectivity index (χ1n) is 5.33. The van der Waals surface area contributed by atoms with E-state index in [0.29, 0.717) is 19.6 Å². The number of halogens is 1. The zero-order chi connectivity index (χ0) is 11.8. The number of hydrogen-bond donors (Lipinski definition) is 2. The number of benzene rings is 1. The molecule has 0 amide bonds. The first-order chi connectivity index (χ1) is 7.68. The number of unbranched alkanes of at least 4 members (excludes halogenated alkanes) is 1. The van der Waals surface area contributed by atoms with Crippen molar-refractivity contribution in [3.05, 3.63) is 34.9 Å². The van der Waals surface area contributed by atoms with Crippen molar-refractivity contribution in [3.63, 3.8) is 0 Å². The van der Waals surface area contributed by atoms with Gasteiger partial charge >= 0.3 is 0 Å². The fourth-order valence-electron chi connectivity index (χ4n) is 1.34. The normalized spacial score (nSPS) is 10.3. The van der Waals surface area contributed by atoms with E-state index in [0.717, 1.165) is 23.4 Å². The molecule has 0 saturated heterocycles. The Morgan fingerprint density at radius 3 is 2.88 bits per heavy atom. The molecule has 0 radical (unpaired) electrons. The molecule has 0 aromatic heterocycles. The minimum atomic E-state index is 0.245. The van der Waals surface area contributed by atoms with Gasteiger partial charge in [-0.25, -0.2) is 0 Å². The smallest absolute Gasteiger partial charge is 0.0905 e. The lowest BCUT2D eigenvalue weighted by Gasteiger charge is -2.04. The SMILES string of the molecule is N=C(N)CCCCOCc1cccc(Cl)c1. The fraction of sp³-hybridized carbons (Fsp3) is 0.417. The van der Waals surface area contributed by atoms with Crippen LogP contribution in [-0.4, -0.2) is 12.4 Å². The summed E-state index contributed by atoms with van der Waals surface area (Å²) in [5.41, 5.74) is 6.33. The molecule has 1 rings (SSSR count). The molecule has 3 N–H and O–H groups in total. The van der Waals surface area contributed by atoms with E-state index in [2.05, 4.69) is 0 Å². The summed E-state index contributed by atoms with van der Waals surface area (Å²) in [6.45, 7) is 1.28. The van der Waals surface area contributed by atoms with Gasteiger partial charge in [-0.3, -0.25) is 5.41 Å². The number of rotatable bonds is 7. The van der Waals surface area contributed by atoms with Gasteiger partial charge in [0.15, 0.2) is 0 Å². The molecule has 88 valence electrons. The van der Waals surface area contributed by atoms with Gasteiger partial charge in [-0.15, -0.1) is 0 Å². The zero-order valence-electron chi connectivity index (χ0n) is 9.21. The summed E-state index contributed by atoms with van der Waals surface area (Å²) in [6, 6.07) is 7.65. The van der Waals surface area contributed by atoms with Crippen molar-refractivity contribution >= 4 is 17.4 Å². The molecule has 16 heavy (non-hydrogen) atoms. The summed E-state index contributed by atoms with van der Waals surface area (Å²) in [5.74, 6) is 0.245. The molecule has 0 unspecified atom stereocenters. The summed E-state index contributed by atoms with van der Waals surface area (Å²) in [7, 11) is 0. The average Bonchev–Trinajstić information content (AvgIpc) is 2.23. The molecule has 3 nitrogen and oxygen atoms in total. The maximum atomic E-state index is 7.06. The lowest BCUT2D eigenvalue weighted by atomic mass is 10.2. The fourth-order valence-corrected chi connectivity index (χ4v) is 1.55. The Bertz CT molecular complexity index is 342. The maximum Gasteiger partial charge on any atom is 0.0905 e. The Morgan fingerprint density at radius 1 is 1.38 bits per heavy atom. The Hall–Kier alpha value is -1.06. The summed E-state index contributed by atoms with van der Waals surface area (Å²) in [4.78, 5) is 0. The number of ether oxygens (including phenoxy) is 1. The number of nitrogens with one attached hydrogen (secondary N) is 1. The highest BCUT2D eigenvalue weighted by molar-refractivity contribution is 6.30. The van der Waals surface area contributed by atoms with Gasteiger partial charge in [-0.1, -0.05) is 23.7 Å². The Kier molecular flexibility index (Phi) is 5.90. The highest BCUT2D eigenvalue weighted by Crippen LogP contribution is 2.11. The monoisotopic (exact) mass is 240 g/mol. The Morgan fingerprint density at radius 2 is 2.19 bits per heavy atom. The van der Waals surface area contributed by atoms with E-state index in [9.17, 15) is 0 Å². The van der Waals surface area contributed by atoms with Crippen molar-refractivity contribution in [3.8, 4) is 0 Å². The summed E-state index contributed by atoms with van der Waals surface area (Å²) in [6.07, 6.45) is 2.49. The summed E-state index contributed by atoms with van der Waals surface area (Å²) < 4.78 is 5.49. The molecule has 0 atom stereocenters. The van der Waals surface area contributed by atoms with Gasteiger partial charge in [-0.2, -0.15) is 0 Å². The van der Waals surface area contributed by atoms with Crippen LogP contribution >= 0.6 is 11.6 Å². The van der Waals surface area contributed by atoms with E-state index < -0.39 is 0 Å². The number of amidine groups is 1. The van der Waals surface area contributed by atoms with E-state index in [1.165, 1.54) is 0 Å². The lowest BCUT2D eigenvalue weighted by Crippen LogP contribution is -2.09. The van der Waals surface area contributed by atoms with Crippen molar-refractivity contribution in [1.82, 2.24) is 0 Å². The lowest BCUT2D eigenvalue weighted by molar-refractivity contribution is 0.117. The summed E-state index contributed by atoms with van der Waals surface area (Å²) >= 11 is 5.85. The molecule has 0 heterocycles. The van der Waals surface area contributed by atoms with Gasteiger partial charge in [0.2, 0.25) is 0 Å². The van der Waals surface area contributed by atoms with Crippen molar-refractivity contribution < 1.29 is 4.74 Å². The Balaban J connectivity index is 2.09. The maximum absolute atomic E-state index is 7.06. The van der Waals surface area contributed by atoms with Gasteiger partial charge < -0.3 is 10.5 Å². The van der Waals surface area contributed by atoms with Gasteiger partial charge in [0.1, 0.15) is 0 Å². The second kappa shape index (κ2) is 7.25. The van der Waals surface area contributed by atoms with E-state index in [4.69, 9.17) is 27.5 Å². The highest BCUT2D eigenvalue weighted by atomic mass is 35.5. The third-order valence-electron chi connectivity index (χ3n) is 2.14. The molecule has 1 aromatic carbocycles. The second-order valence-electron chi connectivity index (χ2n) is 3.66. The van der Waals surface area contributed by atoms with Gasteiger partial charge in [0.05, 0.1) is 12.4 Å². The van der Waals surface area contributed by atoms with Crippen LogP contribution in [0.1, 0.15) is 24.8 Å². The number of hydrogen-bond acceptors (Lipinski definition) is 2. The molecule has 4 heteroatoms. The minimum absolute atomic E-state index is 0.245. The first-order valence-corrected chi connectivity index (χ1v) is 5.71. The molecular formula is C12H17ClN2O. The second-order valence-corrected chi connectivity index (χ2v) is 4.10. The third-order valence-corrected chi connectivity index (χ3v) is 2.38. The van der Waals surface area contributed by atoms with Crippen LogP contribution in [0.3, 0.4) is 0 Å². The van der Waals surface area contributed by atoms with Crippen molar-refractivity contribution in [2.24, 2.45) is 5.73 Å². The van der Waals surface area contributed by atoms with Crippen molar-refractivity contribution in [2.45, 2.75) is 25.9 Å². The summed E-state index contributed by atoms with van der Waals surface area (Å²) in [5, 5.41) is 7.79.